The zero-order valence-corrected chi connectivity index (χ0v) is 16.5. The van der Waals surface area contributed by atoms with Crippen LogP contribution in [0.25, 0.3) is 5.52 Å². The molecule has 4 rings (SSSR count). The first-order chi connectivity index (χ1) is 14.3. The van der Waals surface area contributed by atoms with Gasteiger partial charge in [-0.2, -0.15) is 9.61 Å². The van der Waals surface area contributed by atoms with Crippen molar-refractivity contribution in [1.82, 2.24) is 20.2 Å². The molecule has 0 radical (unpaired) electrons. The lowest BCUT2D eigenvalue weighted by atomic mass is 10.1. The van der Waals surface area contributed by atoms with Crippen molar-refractivity contribution in [1.29, 1.82) is 0 Å². The van der Waals surface area contributed by atoms with Crippen LogP contribution in [0, 0.1) is 25.5 Å². The first-order valence-corrected chi connectivity index (χ1v) is 9.56. The molecule has 1 fully saturated rings. The minimum Gasteiger partial charge on any atom is -0.473 e. The van der Waals surface area contributed by atoms with E-state index in [0.717, 1.165) is 17.7 Å². The fraction of sp³-hybridized carbons (Fsp3) is 0.333. The maximum Gasteiger partial charge on any atom is 0.255 e. The number of amides is 1. The quantitative estimate of drug-likeness (QED) is 0.669. The Labute approximate surface area is 171 Å². The van der Waals surface area contributed by atoms with Gasteiger partial charge < -0.3 is 15.4 Å². The molecule has 158 valence electrons. The number of aromatic nitrogens is 2. The number of ether oxygens (including phenoxy) is 1. The molecule has 30 heavy (non-hydrogen) atoms. The molecule has 1 amide bonds. The maximum atomic E-state index is 13.9. The number of fused-ring (bicyclic) bond motifs is 1. The van der Waals surface area contributed by atoms with Crippen molar-refractivity contribution in [3.63, 3.8) is 0 Å². The van der Waals surface area contributed by atoms with E-state index in [2.05, 4.69) is 15.7 Å². The van der Waals surface area contributed by atoms with Gasteiger partial charge in [-0.1, -0.05) is 6.07 Å². The molecule has 1 aliphatic rings. The molecule has 2 unspecified atom stereocenters. The number of nitrogens with one attached hydrogen (secondary N) is 2. The van der Waals surface area contributed by atoms with Gasteiger partial charge in [0.15, 0.2) is 0 Å². The largest absolute Gasteiger partial charge is 0.473 e. The van der Waals surface area contributed by atoms with Crippen molar-refractivity contribution in [2.75, 3.05) is 13.1 Å². The molecule has 2 N–H and O–H groups in total. The van der Waals surface area contributed by atoms with E-state index < -0.39 is 29.8 Å². The number of carbonyl (C=O) groups excluding carboxylic acids is 1. The molecule has 1 saturated heterocycles. The third kappa shape index (κ3) is 3.72. The van der Waals surface area contributed by atoms with Crippen molar-refractivity contribution in [3.05, 3.63) is 64.4 Å². The fourth-order valence-electron chi connectivity index (χ4n) is 3.59. The second-order valence-electron chi connectivity index (χ2n) is 7.37. The summed E-state index contributed by atoms with van der Waals surface area (Å²) in [5.41, 5.74) is 1.78. The Kier molecular flexibility index (Phi) is 5.38. The second kappa shape index (κ2) is 7.98. The molecule has 9 heteroatoms. The zero-order chi connectivity index (χ0) is 21.4. The number of hydrogen-bond donors (Lipinski definition) is 2. The van der Waals surface area contributed by atoms with Gasteiger partial charge in [-0.05, 0) is 37.6 Å². The average molecular weight is 418 g/mol. The lowest BCUT2D eigenvalue weighted by Crippen LogP contribution is -2.41. The number of pyridine rings is 1. The van der Waals surface area contributed by atoms with Gasteiger partial charge in [-0.3, -0.25) is 4.79 Å². The van der Waals surface area contributed by atoms with Gasteiger partial charge in [-0.25, -0.2) is 13.2 Å². The van der Waals surface area contributed by atoms with Gasteiger partial charge >= 0.3 is 0 Å². The van der Waals surface area contributed by atoms with E-state index in [4.69, 9.17) is 4.74 Å². The van der Waals surface area contributed by atoms with Crippen LogP contribution in [0.1, 0.15) is 27.2 Å². The molecular weight excluding hydrogens is 397 g/mol. The number of benzene rings is 1. The molecule has 1 aliphatic heterocycles. The number of alkyl halides is 1. The summed E-state index contributed by atoms with van der Waals surface area (Å²) in [7, 11) is 0. The van der Waals surface area contributed by atoms with Crippen molar-refractivity contribution < 1.29 is 22.7 Å². The van der Waals surface area contributed by atoms with Crippen LogP contribution in [0.5, 0.6) is 5.88 Å². The topological polar surface area (TPSA) is 67.7 Å². The Morgan fingerprint density at radius 2 is 2.00 bits per heavy atom. The molecule has 2 aromatic heterocycles. The summed E-state index contributed by atoms with van der Waals surface area (Å²) >= 11 is 0. The standard InChI is InChI=1S/C21H21F3N4O2/c1-11-6-18-20(21(29)26-17-9-25-8-16(17)24)12(2)27-28(18)19(7-11)30-10-13-14(22)4-3-5-15(13)23/h3-7,16-17,25H,8-10H2,1-2H3,(H,26,29). The molecule has 3 aromatic rings. The highest BCUT2D eigenvalue weighted by Crippen LogP contribution is 2.25. The van der Waals surface area contributed by atoms with E-state index in [1.165, 1.54) is 10.6 Å². The molecule has 2 atom stereocenters. The Hall–Kier alpha value is -3.07. The summed E-state index contributed by atoms with van der Waals surface area (Å²) in [6.45, 7) is 3.68. The molecule has 3 heterocycles. The van der Waals surface area contributed by atoms with Crippen LogP contribution in [0.3, 0.4) is 0 Å². The number of halogens is 3. The molecule has 0 spiro atoms. The highest BCUT2D eigenvalue weighted by atomic mass is 19.1. The van der Waals surface area contributed by atoms with E-state index in [-0.39, 0.29) is 24.6 Å². The van der Waals surface area contributed by atoms with Gasteiger partial charge in [0, 0.05) is 19.2 Å². The van der Waals surface area contributed by atoms with Crippen molar-refractivity contribution >= 4 is 11.4 Å². The smallest absolute Gasteiger partial charge is 0.255 e. The summed E-state index contributed by atoms with van der Waals surface area (Å²) < 4.78 is 48.8. The summed E-state index contributed by atoms with van der Waals surface area (Å²) in [4.78, 5) is 12.8. The van der Waals surface area contributed by atoms with Gasteiger partial charge in [0.1, 0.15) is 24.4 Å². The van der Waals surface area contributed by atoms with Gasteiger partial charge in [0.05, 0.1) is 28.4 Å². The van der Waals surface area contributed by atoms with Crippen LogP contribution in [0.15, 0.2) is 30.3 Å². The number of carbonyl (C=O) groups is 1. The Bertz CT molecular complexity index is 1100. The molecule has 6 nitrogen and oxygen atoms in total. The number of hydrogen-bond acceptors (Lipinski definition) is 4. The predicted molar refractivity (Wildman–Crippen MR) is 104 cm³/mol. The Morgan fingerprint density at radius 1 is 1.27 bits per heavy atom. The predicted octanol–water partition coefficient (Wildman–Crippen LogP) is 2.85. The van der Waals surface area contributed by atoms with Crippen LogP contribution in [0.2, 0.25) is 0 Å². The Morgan fingerprint density at radius 3 is 2.67 bits per heavy atom. The highest BCUT2D eigenvalue weighted by molar-refractivity contribution is 6.02. The van der Waals surface area contributed by atoms with Crippen molar-refractivity contribution in [2.24, 2.45) is 0 Å². The Balaban J connectivity index is 1.66. The van der Waals surface area contributed by atoms with Crippen LogP contribution in [0.4, 0.5) is 13.2 Å². The van der Waals surface area contributed by atoms with E-state index >= 15 is 0 Å². The SMILES string of the molecule is Cc1cc(OCc2c(F)cccc2F)n2nc(C)c(C(=O)NC3CNCC3F)c2c1. The van der Waals surface area contributed by atoms with E-state index in [0.29, 0.717) is 23.3 Å². The van der Waals surface area contributed by atoms with Crippen LogP contribution in [-0.4, -0.2) is 40.8 Å². The lowest BCUT2D eigenvalue weighted by molar-refractivity contribution is 0.0925. The second-order valence-corrected chi connectivity index (χ2v) is 7.37. The van der Waals surface area contributed by atoms with Gasteiger partial charge in [-0.15, -0.1) is 0 Å². The molecule has 0 bridgehead atoms. The summed E-state index contributed by atoms with van der Waals surface area (Å²) in [5.74, 6) is -1.61. The summed E-state index contributed by atoms with van der Waals surface area (Å²) in [5, 5.41) is 9.96. The number of rotatable bonds is 5. The minimum atomic E-state index is -1.16. The normalized spacial score (nSPS) is 18.7. The van der Waals surface area contributed by atoms with E-state index in [9.17, 15) is 18.0 Å². The van der Waals surface area contributed by atoms with E-state index in [1.54, 1.807) is 26.0 Å². The van der Waals surface area contributed by atoms with Gasteiger partial charge in [0.25, 0.3) is 5.91 Å². The van der Waals surface area contributed by atoms with Crippen molar-refractivity contribution in [3.8, 4) is 5.88 Å². The molecule has 0 saturated carbocycles. The monoisotopic (exact) mass is 418 g/mol. The first kappa shape index (κ1) is 20.2. The highest BCUT2D eigenvalue weighted by Gasteiger charge is 2.30. The number of nitrogens with zero attached hydrogens (tertiary/aromatic N) is 2. The maximum absolute atomic E-state index is 13.9. The molecule has 0 aliphatic carbocycles. The van der Waals surface area contributed by atoms with Crippen molar-refractivity contribution in [2.45, 2.75) is 32.7 Å². The van der Waals surface area contributed by atoms with Gasteiger partial charge in [0.2, 0.25) is 5.88 Å². The van der Waals surface area contributed by atoms with Crippen LogP contribution < -0.4 is 15.4 Å². The van der Waals surface area contributed by atoms with Crippen LogP contribution >= 0.6 is 0 Å². The molecular formula is C21H21F3N4O2. The van der Waals surface area contributed by atoms with E-state index in [1.807, 2.05) is 0 Å². The summed E-state index contributed by atoms with van der Waals surface area (Å²) in [6, 6.07) is 6.40. The average Bonchev–Trinajstić information content (AvgIpc) is 3.23. The minimum absolute atomic E-state index is 0.197. The third-order valence-corrected chi connectivity index (χ3v) is 5.13. The third-order valence-electron chi connectivity index (χ3n) is 5.13. The lowest BCUT2D eigenvalue weighted by Gasteiger charge is -2.14. The fourth-order valence-corrected chi connectivity index (χ4v) is 3.59. The number of aryl methyl sites for hydroxylation is 2. The molecule has 1 aromatic carbocycles. The zero-order valence-electron chi connectivity index (χ0n) is 16.5. The van der Waals surface area contributed by atoms with Crippen LogP contribution in [-0.2, 0) is 6.61 Å². The first-order valence-electron chi connectivity index (χ1n) is 9.56. The summed E-state index contributed by atoms with van der Waals surface area (Å²) in [6.07, 6.45) is -1.16.